The number of hydrogen-bond acceptors (Lipinski definition) is 6. The Hall–Kier alpha value is -2.86. The molecule has 28 heavy (non-hydrogen) atoms. The first-order valence-electron chi connectivity index (χ1n) is 9.16. The van der Waals surface area contributed by atoms with Crippen LogP contribution in [0.15, 0.2) is 29.2 Å². The van der Waals surface area contributed by atoms with Gasteiger partial charge in [0, 0.05) is 7.11 Å². The lowest BCUT2D eigenvalue weighted by Gasteiger charge is -2.29. The molecule has 2 aliphatic rings. The van der Waals surface area contributed by atoms with Gasteiger partial charge < -0.3 is 19.3 Å². The number of ether oxygens (including phenoxy) is 3. The highest BCUT2D eigenvalue weighted by atomic mass is 16.7. The molecule has 1 aromatic rings. The second kappa shape index (κ2) is 7.64. The smallest absolute Gasteiger partial charge is 0.268 e. The van der Waals surface area contributed by atoms with Crippen LogP contribution in [0.2, 0.25) is 0 Å². The zero-order valence-corrected chi connectivity index (χ0v) is 16.7. The fraction of sp³-hybridized carbons (Fsp3) is 0.364. The average Bonchev–Trinajstić information content (AvgIpc) is 2.69. The van der Waals surface area contributed by atoms with E-state index in [4.69, 9.17) is 14.2 Å². The van der Waals surface area contributed by atoms with Crippen LogP contribution < -0.4 is 0 Å². The van der Waals surface area contributed by atoms with E-state index < -0.39 is 17.9 Å². The van der Waals surface area contributed by atoms with Gasteiger partial charge in [0.2, 0.25) is 12.1 Å². The Bertz CT molecular complexity index is 935. The lowest BCUT2D eigenvalue weighted by molar-refractivity contribution is -0.114. The predicted molar refractivity (Wildman–Crippen MR) is 104 cm³/mol. The quantitative estimate of drug-likeness (QED) is 0.768. The summed E-state index contributed by atoms with van der Waals surface area (Å²) in [5.74, 6) is -0.938. The molecule has 1 N–H and O–H groups in total. The van der Waals surface area contributed by atoms with Crippen molar-refractivity contribution in [3.63, 3.8) is 0 Å². The first kappa shape index (κ1) is 19.9. The molecule has 6 heteroatoms. The monoisotopic (exact) mass is 384 g/mol. The van der Waals surface area contributed by atoms with E-state index in [9.17, 15) is 14.7 Å². The number of carbonyl (C=O) groups excluding carboxylic acids is 2. The summed E-state index contributed by atoms with van der Waals surface area (Å²) in [7, 11) is 2.79. The summed E-state index contributed by atoms with van der Waals surface area (Å²) in [6, 6.07) is 1.73. The van der Waals surface area contributed by atoms with Gasteiger partial charge in [-0.05, 0) is 47.8 Å². The molecule has 1 heterocycles. The van der Waals surface area contributed by atoms with Crippen LogP contribution in [0.5, 0.6) is 5.75 Å². The van der Waals surface area contributed by atoms with Gasteiger partial charge in [0.25, 0.3) is 5.78 Å². The van der Waals surface area contributed by atoms with Gasteiger partial charge in [-0.3, -0.25) is 9.59 Å². The van der Waals surface area contributed by atoms with Crippen molar-refractivity contribution >= 4 is 23.7 Å². The van der Waals surface area contributed by atoms with Crippen molar-refractivity contribution in [1.29, 1.82) is 0 Å². The number of methoxy groups -OCH3 is 2. The SMILES string of the molecule is CC[C@@H](C)/C=C(\C)C1=Cc2cc3c(c(O)c2[C@@H](OC)O1)C(=O)C(=O)C(OC)=C3. The molecule has 0 bridgehead atoms. The van der Waals surface area contributed by atoms with E-state index in [1.807, 2.05) is 6.92 Å². The van der Waals surface area contributed by atoms with Crippen molar-refractivity contribution in [3.05, 3.63) is 51.5 Å². The van der Waals surface area contributed by atoms with E-state index in [1.54, 1.807) is 12.1 Å². The van der Waals surface area contributed by atoms with Crippen LogP contribution in [0.4, 0.5) is 0 Å². The lowest BCUT2D eigenvalue weighted by Crippen LogP contribution is -2.24. The number of aromatic hydroxyl groups is 1. The van der Waals surface area contributed by atoms with E-state index in [1.165, 1.54) is 20.3 Å². The molecule has 0 spiro atoms. The molecule has 3 rings (SSSR count). The third-order valence-corrected chi connectivity index (χ3v) is 5.10. The number of hydrogen-bond donors (Lipinski definition) is 1. The molecule has 1 aromatic carbocycles. The van der Waals surface area contributed by atoms with Crippen LogP contribution in [-0.2, 0) is 19.0 Å². The number of fused-ring (bicyclic) bond motifs is 2. The van der Waals surface area contributed by atoms with Crippen LogP contribution in [0.1, 0.15) is 60.5 Å². The standard InChI is InChI=1S/C22H24O6/c1-6-11(2)7-12(3)15-9-14-8-13-10-16(26-4)19(23)21(25)17(13)20(24)18(14)22(27-5)28-15/h7-11,22,24H,6H2,1-5H3/b12-7+/t11-,22+/m1/s1. The highest BCUT2D eigenvalue weighted by Gasteiger charge is 2.36. The number of ketones is 2. The summed E-state index contributed by atoms with van der Waals surface area (Å²) in [5.41, 5.74) is 2.32. The molecule has 1 aliphatic heterocycles. The number of Topliss-reactive ketones (excluding diaryl/α,β-unsaturated/α-hetero) is 2. The Balaban J connectivity index is 2.20. The zero-order valence-electron chi connectivity index (χ0n) is 16.7. The van der Waals surface area contributed by atoms with Crippen molar-refractivity contribution < 1.29 is 28.9 Å². The Kier molecular flexibility index (Phi) is 5.42. The van der Waals surface area contributed by atoms with Gasteiger partial charge in [0.05, 0.1) is 18.2 Å². The Morgan fingerprint density at radius 2 is 1.96 bits per heavy atom. The Morgan fingerprint density at radius 3 is 2.57 bits per heavy atom. The maximum Gasteiger partial charge on any atom is 0.268 e. The second-order valence-electron chi connectivity index (χ2n) is 6.99. The van der Waals surface area contributed by atoms with E-state index in [0.29, 0.717) is 28.4 Å². The largest absolute Gasteiger partial charge is 0.507 e. The van der Waals surface area contributed by atoms with Crippen molar-refractivity contribution in [2.45, 2.75) is 33.5 Å². The third kappa shape index (κ3) is 3.24. The fourth-order valence-corrected chi connectivity index (χ4v) is 3.38. The van der Waals surface area contributed by atoms with Gasteiger partial charge in [0.15, 0.2) is 5.76 Å². The number of phenols is 1. The molecule has 148 valence electrons. The van der Waals surface area contributed by atoms with Crippen LogP contribution >= 0.6 is 0 Å². The summed E-state index contributed by atoms with van der Waals surface area (Å²) in [6.45, 7) is 6.19. The number of rotatable bonds is 5. The molecule has 2 atom stereocenters. The van der Waals surface area contributed by atoms with E-state index in [0.717, 1.165) is 12.0 Å². The summed E-state index contributed by atoms with van der Waals surface area (Å²) in [4.78, 5) is 24.6. The first-order valence-corrected chi connectivity index (χ1v) is 9.16. The van der Waals surface area contributed by atoms with Gasteiger partial charge in [-0.1, -0.05) is 26.3 Å². The first-order chi connectivity index (χ1) is 13.3. The minimum absolute atomic E-state index is 0.0516. The van der Waals surface area contributed by atoms with E-state index in [2.05, 4.69) is 19.9 Å². The van der Waals surface area contributed by atoms with Crippen molar-refractivity contribution in [3.8, 4) is 5.75 Å². The molecule has 0 fully saturated rings. The average molecular weight is 384 g/mol. The summed E-state index contributed by atoms with van der Waals surface area (Å²) < 4.78 is 16.3. The molecular formula is C22H24O6. The molecule has 0 unspecified atom stereocenters. The van der Waals surface area contributed by atoms with Crippen LogP contribution in [0.25, 0.3) is 12.2 Å². The topological polar surface area (TPSA) is 82.1 Å². The molecule has 0 saturated carbocycles. The Morgan fingerprint density at radius 1 is 1.25 bits per heavy atom. The van der Waals surface area contributed by atoms with Gasteiger partial charge in [-0.15, -0.1) is 0 Å². The maximum absolute atomic E-state index is 12.5. The Labute approximate surface area is 164 Å². The minimum atomic E-state index is -0.892. The third-order valence-electron chi connectivity index (χ3n) is 5.10. The van der Waals surface area contributed by atoms with Crippen molar-refractivity contribution in [2.75, 3.05) is 14.2 Å². The molecular weight excluding hydrogens is 360 g/mol. The number of phenolic OH excluding ortho intramolecular Hbond substituents is 1. The van der Waals surface area contributed by atoms with E-state index >= 15 is 0 Å². The molecule has 1 aliphatic carbocycles. The van der Waals surface area contributed by atoms with Crippen molar-refractivity contribution in [1.82, 2.24) is 0 Å². The minimum Gasteiger partial charge on any atom is -0.507 e. The normalized spacial score (nSPS) is 19.9. The highest BCUT2D eigenvalue weighted by molar-refractivity contribution is 6.51. The van der Waals surface area contributed by atoms with Crippen molar-refractivity contribution in [2.24, 2.45) is 5.92 Å². The van der Waals surface area contributed by atoms with Crippen LogP contribution in [0, 0.1) is 5.92 Å². The molecule has 0 radical (unpaired) electrons. The summed E-state index contributed by atoms with van der Waals surface area (Å²) in [5, 5.41) is 10.8. The summed E-state index contributed by atoms with van der Waals surface area (Å²) >= 11 is 0. The highest BCUT2D eigenvalue weighted by Crippen LogP contribution is 2.44. The number of benzene rings is 1. The van der Waals surface area contributed by atoms with Crippen LogP contribution in [-0.4, -0.2) is 30.9 Å². The lowest BCUT2D eigenvalue weighted by atomic mass is 9.87. The zero-order chi connectivity index (χ0) is 20.6. The van der Waals surface area contributed by atoms with Gasteiger partial charge in [0.1, 0.15) is 11.5 Å². The number of allylic oxidation sites excluding steroid dienone is 3. The maximum atomic E-state index is 12.5. The second-order valence-corrected chi connectivity index (χ2v) is 6.99. The van der Waals surface area contributed by atoms with Gasteiger partial charge >= 0.3 is 0 Å². The fourth-order valence-electron chi connectivity index (χ4n) is 3.38. The van der Waals surface area contributed by atoms with Crippen LogP contribution in [0.3, 0.4) is 0 Å². The van der Waals surface area contributed by atoms with Gasteiger partial charge in [-0.25, -0.2) is 0 Å². The van der Waals surface area contributed by atoms with Gasteiger partial charge in [-0.2, -0.15) is 0 Å². The molecule has 0 amide bonds. The predicted octanol–water partition coefficient (Wildman–Crippen LogP) is 4.15. The molecule has 0 aromatic heterocycles. The molecule has 0 saturated heterocycles. The molecule has 6 nitrogen and oxygen atoms in total. The summed E-state index contributed by atoms with van der Waals surface area (Å²) in [6.07, 6.45) is 5.50. The van der Waals surface area contributed by atoms with E-state index in [-0.39, 0.29) is 17.1 Å². The number of carbonyl (C=O) groups is 2.